The number of likely N-dealkylation sites (tertiary alicyclic amines) is 1. The number of carbonyl (C=O) groups excluding carboxylic acids is 1. The summed E-state index contributed by atoms with van der Waals surface area (Å²) in [4.78, 5) is 22.4. The minimum Gasteiger partial charge on any atom is -0.493 e. The van der Waals surface area contributed by atoms with Crippen molar-refractivity contribution in [2.45, 2.75) is 50.7 Å². The molecule has 0 spiro atoms. The molecule has 0 radical (unpaired) electrons. The summed E-state index contributed by atoms with van der Waals surface area (Å²) in [7, 11) is 3.24. The number of methoxy groups -OCH3 is 2. The summed E-state index contributed by atoms with van der Waals surface area (Å²) < 4.78 is 23.7. The van der Waals surface area contributed by atoms with Gasteiger partial charge in [-0.05, 0) is 48.2 Å². The molecule has 1 saturated heterocycles. The molecular weight excluding hydrogens is 508 g/mol. The van der Waals surface area contributed by atoms with Crippen LogP contribution in [0.3, 0.4) is 0 Å². The number of nitrogens with one attached hydrogen (secondary N) is 1. The molecule has 3 heterocycles. The van der Waals surface area contributed by atoms with E-state index >= 15 is 0 Å². The number of hydrogen-bond acceptors (Lipinski definition) is 8. The largest absolute Gasteiger partial charge is 0.493 e. The highest BCUT2D eigenvalue weighted by molar-refractivity contribution is 5.78. The normalized spacial score (nSPS) is 22.2. The molecule has 0 unspecified atom stereocenters. The van der Waals surface area contributed by atoms with Gasteiger partial charge in [0, 0.05) is 44.5 Å². The number of rotatable bonds is 5. The predicted molar refractivity (Wildman–Crippen MR) is 150 cm³/mol. The van der Waals surface area contributed by atoms with Crippen LogP contribution < -0.4 is 19.5 Å². The van der Waals surface area contributed by atoms with Crippen LogP contribution >= 0.6 is 0 Å². The third-order valence-corrected chi connectivity index (χ3v) is 7.72. The summed E-state index contributed by atoms with van der Waals surface area (Å²) >= 11 is 0. The molecule has 6 rings (SSSR count). The molecule has 2 atom stereocenters. The fourth-order valence-electron chi connectivity index (χ4n) is 5.63. The van der Waals surface area contributed by atoms with Crippen molar-refractivity contribution >= 4 is 5.91 Å². The minimum absolute atomic E-state index is 0.0194. The van der Waals surface area contributed by atoms with Crippen LogP contribution in [0.1, 0.15) is 29.7 Å². The van der Waals surface area contributed by atoms with Crippen LogP contribution in [0.15, 0.2) is 60.8 Å². The van der Waals surface area contributed by atoms with Crippen molar-refractivity contribution in [1.82, 2.24) is 20.1 Å². The Morgan fingerprint density at radius 3 is 2.50 bits per heavy atom. The SMILES string of the molecule is COc1ccnc(CN2C[C@@H]3NC(=O)CN(C4CC4)Cc4cccc(c4)Oc4cccc(c4)CO[C@H]3C2)c1OC. The number of hydrogen-bond donors (Lipinski definition) is 1. The molecule has 1 saturated carbocycles. The van der Waals surface area contributed by atoms with Crippen LogP contribution in [0.5, 0.6) is 23.0 Å². The molecular formula is C31H36N4O5. The zero-order chi connectivity index (χ0) is 27.5. The first-order valence-corrected chi connectivity index (χ1v) is 13.9. The Bertz CT molecular complexity index is 1350. The van der Waals surface area contributed by atoms with E-state index in [9.17, 15) is 4.79 Å². The van der Waals surface area contributed by atoms with Gasteiger partial charge in [-0.15, -0.1) is 0 Å². The highest BCUT2D eigenvalue weighted by Crippen LogP contribution is 2.32. The average molecular weight is 545 g/mol. The van der Waals surface area contributed by atoms with E-state index in [1.54, 1.807) is 26.5 Å². The Hall–Kier alpha value is -3.66. The lowest BCUT2D eigenvalue weighted by Crippen LogP contribution is -2.48. The second kappa shape index (κ2) is 11.8. The van der Waals surface area contributed by atoms with Gasteiger partial charge in [0.15, 0.2) is 11.5 Å². The van der Waals surface area contributed by atoms with Crippen LogP contribution in [0, 0.1) is 0 Å². The van der Waals surface area contributed by atoms with Crippen LogP contribution in [-0.4, -0.2) is 72.7 Å². The lowest BCUT2D eigenvalue weighted by Gasteiger charge is -2.25. The summed E-state index contributed by atoms with van der Waals surface area (Å²) in [5.41, 5.74) is 2.94. The Morgan fingerprint density at radius 1 is 0.975 bits per heavy atom. The number of carbonyl (C=O) groups is 1. The number of amides is 1. The molecule has 3 aromatic rings. The van der Waals surface area contributed by atoms with Crippen molar-refractivity contribution in [3.8, 4) is 23.0 Å². The molecule has 9 heteroatoms. The third kappa shape index (κ3) is 6.22. The molecule has 2 aromatic carbocycles. The van der Waals surface area contributed by atoms with E-state index in [4.69, 9.17) is 18.9 Å². The summed E-state index contributed by atoms with van der Waals surface area (Å²) in [6, 6.07) is 18.2. The van der Waals surface area contributed by atoms with Crippen molar-refractivity contribution in [3.63, 3.8) is 0 Å². The molecule has 1 N–H and O–H groups in total. The molecule has 4 bridgehead atoms. The fourth-order valence-corrected chi connectivity index (χ4v) is 5.63. The van der Waals surface area contributed by atoms with Crippen molar-refractivity contribution in [1.29, 1.82) is 0 Å². The number of nitrogens with zero attached hydrogens (tertiary/aromatic N) is 3. The zero-order valence-electron chi connectivity index (χ0n) is 23.0. The molecule has 1 aliphatic carbocycles. The molecule has 2 aliphatic heterocycles. The molecule has 210 valence electrons. The molecule has 2 fully saturated rings. The van der Waals surface area contributed by atoms with Gasteiger partial charge in [-0.25, -0.2) is 0 Å². The average Bonchev–Trinajstić information content (AvgIpc) is 3.74. The maximum Gasteiger partial charge on any atom is 0.234 e. The maximum absolute atomic E-state index is 13.4. The number of aromatic nitrogens is 1. The van der Waals surface area contributed by atoms with Crippen LogP contribution in [0.4, 0.5) is 0 Å². The predicted octanol–water partition coefficient (Wildman–Crippen LogP) is 3.75. The number of fused-ring (bicyclic) bond motifs is 5. The Balaban J connectivity index is 1.24. The van der Waals surface area contributed by atoms with Crippen LogP contribution in [0.2, 0.25) is 0 Å². The Labute approximate surface area is 235 Å². The fraction of sp³-hybridized carbons (Fsp3) is 0.419. The Morgan fingerprint density at radius 2 is 1.75 bits per heavy atom. The molecule has 40 heavy (non-hydrogen) atoms. The summed E-state index contributed by atoms with van der Waals surface area (Å²) in [6.45, 7) is 3.32. The van der Waals surface area contributed by atoms with Gasteiger partial charge in [0.1, 0.15) is 17.2 Å². The van der Waals surface area contributed by atoms with Crippen molar-refractivity contribution in [3.05, 3.63) is 77.6 Å². The maximum atomic E-state index is 13.4. The van der Waals surface area contributed by atoms with E-state index in [2.05, 4.69) is 32.2 Å². The van der Waals surface area contributed by atoms with Gasteiger partial charge in [-0.2, -0.15) is 0 Å². The monoisotopic (exact) mass is 544 g/mol. The molecule has 3 aliphatic rings. The molecule has 1 aromatic heterocycles. The topological polar surface area (TPSA) is 85.4 Å². The van der Waals surface area contributed by atoms with Crippen molar-refractivity contribution < 1.29 is 23.7 Å². The standard InChI is InChI=1S/C31H36N4O5/c1-37-28-11-12-32-27(31(28)38-2)17-34-16-26-29(18-34)39-20-22-6-4-8-25(14-22)40-24-7-3-5-21(13-24)15-35(23-9-10-23)19-30(36)33-26/h3-8,11-14,23,26,29H,9-10,15-20H2,1-2H3,(H,33,36)/t26-,29-/m0/s1. The van der Waals surface area contributed by atoms with Gasteiger partial charge in [0.2, 0.25) is 5.91 Å². The molecule has 1 amide bonds. The van der Waals surface area contributed by atoms with Crippen molar-refractivity contribution in [2.24, 2.45) is 0 Å². The zero-order valence-corrected chi connectivity index (χ0v) is 23.0. The molecule has 9 nitrogen and oxygen atoms in total. The quantitative estimate of drug-likeness (QED) is 0.520. The van der Waals surface area contributed by atoms with E-state index in [1.807, 2.05) is 36.4 Å². The minimum atomic E-state index is -0.180. The first-order valence-electron chi connectivity index (χ1n) is 13.9. The van der Waals surface area contributed by atoms with Gasteiger partial charge in [-0.3, -0.25) is 19.6 Å². The van der Waals surface area contributed by atoms with E-state index in [0.29, 0.717) is 56.9 Å². The van der Waals surface area contributed by atoms with E-state index in [-0.39, 0.29) is 18.1 Å². The van der Waals surface area contributed by atoms with Gasteiger partial charge in [-0.1, -0.05) is 24.3 Å². The lowest BCUT2D eigenvalue weighted by molar-refractivity contribution is -0.124. The van der Waals surface area contributed by atoms with Crippen LogP contribution in [-0.2, 0) is 29.2 Å². The smallest absolute Gasteiger partial charge is 0.234 e. The Kier molecular flexibility index (Phi) is 7.86. The first kappa shape index (κ1) is 26.6. The number of ether oxygens (including phenoxy) is 4. The van der Waals surface area contributed by atoms with E-state index in [0.717, 1.165) is 41.2 Å². The summed E-state index contributed by atoms with van der Waals surface area (Å²) in [5.74, 6) is 2.86. The second-order valence-electron chi connectivity index (χ2n) is 10.7. The van der Waals surface area contributed by atoms with Gasteiger partial charge in [0.25, 0.3) is 0 Å². The van der Waals surface area contributed by atoms with Gasteiger partial charge in [0.05, 0.1) is 39.5 Å². The second-order valence-corrected chi connectivity index (χ2v) is 10.7. The van der Waals surface area contributed by atoms with E-state index < -0.39 is 0 Å². The summed E-state index contributed by atoms with van der Waals surface area (Å²) in [6.07, 6.45) is 3.78. The number of pyridine rings is 1. The summed E-state index contributed by atoms with van der Waals surface area (Å²) in [5, 5.41) is 3.31. The lowest BCUT2D eigenvalue weighted by atomic mass is 10.1. The highest BCUT2D eigenvalue weighted by Gasteiger charge is 2.37. The van der Waals surface area contributed by atoms with Crippen molar-refractivity contribution in [2.75, 3.05) is 33.9 Å². The van der Waals surface area contributed by atoms with Crippen LogP contribution in [0.25, 0.3) is 0 Å². The van der Waals surface area contributed by atoms with Gasteiger partial charge >= 0.3 is 0 Å². The number of benzene rings is 2. The third-order valence-electron chi connectivity index (χ3n) is 7.72. The van der Waals surface area contributed by atoms with Gasteiger partial charge < -0.3 is 24.3 Å². The highest BCUT2D eigenvalue weighted by atomic mass is 16.5. The van der Waals surface area contributed by atoms with E-state index in [1.165, 1.54) is 0 Å². The first-order chi connectivity index (χ1) is 19.6.